The number of guanidine groups is 1. The van der Waals surface area contributed by atoms with Crippen LogP contribution in [0.15, 0.2) is 23.2 Å². The maximum atomic E-state index is 13.6. The summed E-state index contributed by atoms with van der Waals surface area (Å²) in [7, 11) is 2.46. The van der Waals surface area contributed by atoms with Gasteiger partial charge in [0.05, 0.1) is 5.75 Å². The van der Waals surface area contributed by atoms with Crippen LogP contribution in [0.2, 0.25) is 0 Å². The molecule has 0 fully saturated rings. The second-order valence-corrected chi connectivity index (χ2v) is 9.11. The molecule has 6 nitrogen and oxygen atoms in total. The van der Waals surface area contributed by atoms with Gasteiger partial charge in [-0.3, -0.25) is 4.99 Å². The number of nitrogens with one attached hydrogen (secondary N) is 2. The molecule has 0 aliphatic heterocycles. The van der Waals surface area contributed by atoms with E-state index >= 15 is 0 Å². The smallest absolute Gasteiger partial charge is 0.191 e. The van der Waals surface area contributed by atoms with Gasteiger partial charge in [-0.15, -0.1) is 0 Å². The monoisotopic (exact) mass is 372 g/mol. The molecule has 0 amide bonds. The van der Waals surface area contributed by atoms with E-state index in [1.807, 2.05) is 14.1 Å². The quantitative estimate of drug-likeness (QED) is 0.559. The minimum absolute atomic E-state index is 0.0715. The van der Waals surface area contributed by atoms with Crippen molar-refractivity contribution < 1.29 is 12.8 Å². The van der Waals surface area contributed by atoms with Gasteiger partial charge in [0.25, 0.3) is 0 Å². The van der Waals surface area contributed by atoms with E-state index in [2.05, 4.69) is 34.4 Å². The third-order valence-corrected chi connectivity index (χ3v) is 4.99. The van der Waals surface area contributed by atoms with Crippen LogP contribution < -0.4 is 10.6 Å². The molecule has 1 aromatic carbocycles. The first-order chi connectivity index (χ1) is 11.4. The first-order valence-corrected chi connectivity index (χ1v) is 10.1. The van der Waals surface area contributed by atoms with Gasteiger partial charge in [-0.05, 0) is 51.2 Å². The number of sulfone groups is 1. The highest BCUT2D eigenvalue weighted by Crippen LogP contribution is 2.14. The first-order valence-electron chi connectivity index (χ1n) is 8.01. The lowest BCUT2D eigenvalue weighted by atomic mass is 10.0. The lowest BCUT2D eigenvalue weighted by Crippen LogP contribution is -2.50. The first kappa shape index (κ1) is 21.4. The summed E-state index contributed by atoms with van der Waals surface area (Å²) in [6, 6.07) is 4.14. The Morgan fingerprint density at radius 3 is 2.40 bits per heavy atom. The summed E-state index contributed by atoms with van der Waals surface area (Å²) in [5, 5.41) is 6.34. The number of likely N-dealkylation sites (N-methyl/N-ethyl adjacent to an activating group) is 1. The zero-order chi connectivity index (χ0) is 19.3. The van der Waals surface area contributed by atoms with Crippen LogP contribution in [0.1, 0.15) is 25.0 Å². The van der Waals surface area contributed by atoms with Crippen LogP contribution in [0, 0.1) is 5.82 Å². The molecule has 0 spiro atoms. The lowest BCUT2D eigenvalue weighted by Gasteiger charge is -2.33. The molecule has 0 heterocycles. The largest absolute Gasteiger partial charge is 0.355 e. The SMILES string of the molecule is CN=C(NCc1cc(F)ccc1CS(C)(=O)=O)NCC(C)(C)N(C)C. The normalized spacial score (nSPS) is 13.2. The molecule has 0 bridgehead atoms. The van der Waals surface area contributed by atoms with Gasteiger partial charge in [0, 0.05) is 31.9 Å². The van der Waals surface area contributed by atoms with Crippen molar-refractivity contribution >= 4 is 15.8 Å². The number of aliphatic imine (C=N–C) groups is 1. The molecule has 8 heteroatoms. The number of hydrogen-bond donors (Lipinski definition) is 2. The Kier molecular flexibility index (Phi) is 7.37. The van der Waals surface area contributed by atoms with Crippen LogP contribution in [0.4, 0.5) is 4.39 Å². The van der Waals surface area contributed by atoms with Gasteiger partial charge in [-0.2, -0.15) is 0 Å². The predicted octanol–water partition coefficient (Wildman–Crippen LogP) is 1.38. The summed E-state index contributed by atoms with van der Waals surface area (Å²) in [6.45, 7) is 5.15. The van der Waals surface area contributed by atoms with Gasteiger partial charge < -0.3 is 15.5 Å². The summed E-state index contributed by atoms with van der Waals surface area (Å²) in [6.07, 6.45) is 1.16. The number of hydrogen-bond acceptors (Lipinski definition) is 4. The van der Waals surface area contributed by atoms with Crippen molar-refractivity contribution in [2.24, 2.45) is 4.99 Å². The Balaban J connectivity index is 2.80. The van der Waals surface area contributed by atoms with Gasteiger partial charge in [-0.25, -0.2) is 12.8 Å². The second kappa shape index (κ2) is 8.62. The van der Waals surface area contributed by atoms with Gasteiger partial charge in [-0.1, -0.05) is 6.07 Å². The molecule has 1 aromatic rings. The Morgan fingerprint density at radius 1 is 1.24 bits per heavy atom. The number of nitrogens with zero attached hydrogens (tertiary/aromatic N) is 2. The Morgan fingerprint density at radius 2 is 1.88 bits per heavy atom. The fourth-order valence-corrected chi connectivity index (χ4v) is 2.89. The summed E-state index contributed by atoms with van der Waals surface area (Å²) < 4.78 is 36.7. The van der Waals surface area contributed by atoms with Crippen molar-refractivity contribution in [2.45, 2.75) is 31.7 Å². The zero-order valence-corrected chi connectivity index (χ0v) is 16.7. The molecule has 0 unspecified atom stereocenters. The van der Waals surface area contributed by atoms with Gasteiger partial charge in [0.15, 0.2) is 15.8 Å². The number of benzene rings is 1. The van der Waals surface area contributed by atoms with Gasteiger partial charge in [0.1, 0.15) is 5.82 Å². The van der Waals surface area contributed by atoms with Crippen molar-refractivity contribution in [3.63, 3.8) is 0 Å². The summed E-state index contributed by atoms with van der Waals surface area (Å²) in [5.74, 6) is 0.0551. The van der Waals surface area contributed by atoms with Crippen molar-refractivity contribution in [1.82, 2.24) is 15.5 Å². The Labute approximate surface area is 150 Å². The molecule has 1 rings (SSSR count). The van der Waals surface area contributed by atoms with Crippen molar-refractivity contribution in [3.8, 4) is 0 Å². The molecule has 0 aliphatic rings. The zero-order valence-electron chi connectivity index (χ0n) is 15.9. The molecule has 2 N–H and O–H groups in total. The summed E-state index contributed by atoms with van der Waals surface area (Å²) in [4.78, 5) is 6.26. The van der Waals surface area contributed by atoms with Gasteiger partial charge in [0.2, 0.25) is 0 Å². The fourth-order valence-electron chi connectivity index (χ4n) is 2.04. The third-order valence-electron chi connectivity index (χ3n) is 4.15. The van der Waals surface area contributed by atoms with E-state index in [0.717, 1.165) is 6.26 Å². The van der Waals surface area contributed by atoms with Crippen molar-refractivity contribution in [3.05, 3.63) is 35.1 Å². The molecular formula is C17H29FN4O2S. The highest BCUT2D eigenvalue weighted by Gasteiger charge is 2.20. The predicted molar refractivity (Wildman–Crippen MR) is 101 cm³/mol. The van der Waals surface area contributed by atoms with E-state index < -0.39 is 15.7 Å². The van der Waals surface area contributed by atoms with Gasteiger partial charge >= 0.3 is 0 Å². The molecule has 142 valence electrons. The van der Waals surface area contributed by atoms with E-state index in [-0.39, 0.29) is 17.8 Å². The molecular weight excluding hydrogens is 343 g/mol. The van der Waals surface area contributed by atoms with Crippen LogP contribution in [0.5, 0.6) is 0 Å². The van der Waals surface area contributed by atoms with Crippen LogP contribution in [0.25, 0.3) is 0 Å². The fraction of sp³-hybridized carbons (Fsp3) is 0.588. The van der Waals surface area contributed by atoms with Crippen LogP contribution in [-0.2, 0) is 22.1 Å². The molecule has 25 heavy (non-hydrogen) atoms. The van der Waals surface area contributed by atoms with Crippen LogP contribution >= 0.6 is 0 Å². The molecule has 0 saturated carbocycles. The Hall–Kier alpha value is -1.67. The van der Waals surface area contributed by atoms with E-state index in [1.54, 1.807) is 7.05 Å². The lowest BCUT2D eigenvalue weighted by molar-refractivity contribution is 0.197. The van der Waals surface area contributed by atoms with Crippen LogP contribution in [-0.4, -0.2) is 58.8 Å². The minimum Gasteiger partial charge on any atom is -0.355 e. The Bertz CT molecular complexity index is 715. The van der Waals surface area contributed by atoms with E-state index in [4.69, 9.17) is 0 Å². The maximum absolute atomic E-state index is 13.6. The van der Waals surface area contributed by atoms with E-state index in [0.29, 0.717) is 23.6 Å². The van der Waals surface area contributed by atoms with E-state index in [9.17, 15) is 12.8 Å². The average Bonchev–Trinajstić information content (AvgIpc) is 2.48. The maximum Gasteiger partial charge on any atom is 0.191 e. The average molecular weight is 373 g/mol. The molecule has 0 atom stereocenters. The topological polar surface area (TPSA) is 73.8 Å². The molecule has 0 aliphatic carbocycles. The van der Waals surface area contributed by atoms with Crippen molar-refractivity contribution in [1.29, 1.82) is 0 Å². The standard InChI is InChI=1S/C17H29FN4O2S/c1-17(2,22(4)5)12-21-16(19-3)20-10-14-9-15(18)8-7-13(14)11-25(6,23)24/h7-9H,10-12H2,1-6H3,(H2,19,20,21). The van der Waals surface area contributed by atoms with Crippen molar-refractivity contribution in [2.75, 3.05) is 33.9 Å². The summed E-state index contributed by atoms with van der Waals surface area (Å²) in [5.41, 5.74) is 1.11. The van der Waals surface area contributed by atoms with E-state index in [1.165, 1.54) is 18.2 Å². The minimum atomic E-state index is -3.20. The molecule has 0 aromatic heterocycles. The second-order valence-electron chi connectivity index (χ2n) is 6.97. The van der Waals surface area contributed by atoms with Crippen LogP contribution in [0.3, 0.4) is 0 Å². The number of halogens is 1. The summed E-state index contributed by atoms with van der Waals surface area (Å²) >= 11 is 0. The number of rotatable bonds is 7. The highest BCUT2D eigenvalue weighted by molar-refractivity contribution is 7.89. The molecule has 0 saturated heterocycles. The highest BCUT2D eigenvalue weighted by atomic mass is 32.2. The molecule has 0 radical (unpaired) electrons. The third kappa shape index (κ3) is 7.39.